The van der Waals surface area contributed by atoms with Crippen LogP contribution >= 0.6 is 0 Å². The van der Waals surface area contributed by atoms with E-state index in [0.717, 1.165) is 12.8 Å². The average molecular weight is 345 g/mol. The van der Waals surface area contributed by atoms with E-state index in [-0.39, 0.29) is 23.9 Å². The van der Waals surface area contributed by atoms with Gasteiger partial charge in [0, 0.05) is 25.3 Å². The fraction of sp³-hybridized carbons (Fsp3) is 0.529. The van der Waals surface area contributed by atoms with Crippen molar-refractivity contribution in [1.29, 1.82) is 0 Å². The zero-order valence-corrected chi connectivity index (χ0v) is 14.4. The molecule has 2 N–H and O–H groups in total. The molecule has 0 saturated carbocycles. The van der Waals surface area contributed by atoms with E-state index in [4.69, 9.17) is 9.26 Å². The van der Waals surface area contributed by atoms with Crippen molar-refractivity contribution in [2.75, 3.05) is 18.5 Å². The lowest BCUT2D eigenvalue weighted by molar-refractivity contribution is 0.0506. The lowest BCUT2D eigenvalue weighted by Crippen LogP contribution is -2.38. The number of rotatable bonds is 5. The van der Waals surface area contributed by atoms with E-state index >= 15 is 0 Å². The summed E-state index contributed by atoms with van der Waals surface area (Å²) in [6.45, 7) is 5.33. The van der Waals surface area contributed by atoms with Crippen LogP contribution in [0.4, 0.5) is 10.5 Å². The number of ether oxygens (including phenoxy) is 1. The molecule has 1 saturated heterocycles. The Morgan fingerprint density at radius 1 is 1.32 bits per heavy atom. The molecule has 1 aliphatic rings. The summed E-state index contributed by atoms with van der Waals surface area (Å²) in [5.41, 5.74) is 0.624. The van der Waals surface area contributed by atoms with E-state index in [9.17, 15) is 4.79 Å². The molecule has 1 atom stereocenters. The molecular formula is C17H23N5O3. The van der Waals surface area contributed by atoms with Crippen LogP contribution in [-0.2, 0) is 4.74 Å². The van der Waals surface area contributed by atoms with E-state index in [0.29, 0.717) is 30.6 Å². The molecule has 2 aromatic heterocycles. The number of nitrogens with zero attached hydrogens (tertiary/aromatic N) is 3. The van der Waals surface area contributed by atoms with E-state index in [2.05, 4.69) is 25.8 Å². The molecule has 0 spiro atoms. The van der Waals surface area contributed by atoms with Gasteiger partial charge in [-0.15, -0.1) is 0 Å². The van der Waals surface area contributed by atoms with Crippen LogP contribution in [0.1, 0.15) is 50.4 Å². The summed E-state index contributed by atoms with van der Waals surface area (Å²) in [5.74, 6) is 1.43. The Bertz CT molecular complexity index is 683. The number of hydrogen-bond acceptors (Lipinski definition) is 6. The van der Waals surface area contributed by atoms with E-state index in [1.165, 1.54) is 0 Å². The number of urea groups is 1. The number of anilines is 1. The van der Waals surface area contributed by atoms with Crippen molar-refractivity contribution < 1.29 is 14.1 Å². The van der Waals surface area contributed by atoms with Crippen molar-refractivity contribution in [2.45, 2.75) is 38.6 Å². The summed E-state index contributed by atoms with van der Waals surface area (Å²) < 4.78 is 10.9. The summed E-state index contributed by atoms with van der Waals surface area (Å²) in [4.78, 5) is 20.9. The average Bonchev–Trinajstić information content (AvgIpc) is 3.11. The van der Waals surface area contributed by atoms with E-state index in [1.54, 1.807) is 24.5 Å². The first-order valence-electron chi connectivity index (χ1n) is 8.52. The second-order valence-corrected chi connectivity index (χ2v) is 6.41. The van der Waals surface area contributed by atoms with E-state index in [1.807, 2.05) is 13.8 Å². The molecule has 2 aromatic rings. The van der Waals surface area contributed by atoms with Crippen molar-refractivity contribution in [3.05, 3.63) is 36.2 Å². The molecule has 0 radical (unpaired) electrons. The molecule has 1 fully saturated rings. The predicted octanol–water partition coefficient (Wildman–Crippen LogP) is 2.88. The van der Waals surface area contributed by atoms with Gasteiger partial charge in [-0.25, -0.2) is 4.79 Å². The quantitative estimate of drug-likeness (QED) is 0.864. The third-order valence-corrected chi connectivity index (χ3v) is 4.18. The van der Waals surface area contributed by atoms with Crippen molar-refractivity contribution in [3.63, 3.8) is 0 Å². The van der Waals surface area contributed by atoms with Crippen molar-refractivity contribution in [1.82, 2.24) is 20.4 Å². The van der Waals surface area contributed by atoms with Crippen molar-refractivity contribution >= 4 is 11.7 Å². The first kappa shape index (κ1) is 17.3. The van der Waals surface area contributed by atoms with Gasteiger partial charge in [0.2, 0.25) is 5.89 Å². The second-order valence-electron chi connectivity index (χ2n) is 6.41. The van der Waals surface area contributed by atoms with Crippen LogP contribution in [0.2, 0.25) is 0 Å². The maximum absolute atomic E-state index is 12.4. The Hall–Kier alpha value is -2.48. The van der Waals surface area contributed by atoms with Crippen LogP contribution < -0.4 is 10.6 Å². The lowest BCUT2D eigenvalue weighted by Gasteiger charge is -2.28. The zero-order valence-electron chi connectivity index (χ0n) is 14.4. The fourth-order valence-corrected chi connectivity index (χ4v) is 2.78. The Morgan fingerprint density at radius 3 is 2.76 bits per heavy atom. The second kappa shape index (κ2) is 8.06. The van der Waals surface area contributed by atoms with Crippen LogP contribution in [0.25, 0.3) is 0 Å². The summed E-state index contributed by atoms with van der Waals surface area (Å²) in [6.07, 6.45) is 4.90. The normalized spacial score (nSPS) is 16.6. The van der Waals surface area contributed by atoms with Gasteiger partial charge in [-0.3, -0.25) is 4.98 Å². The topological polar surface area (TPSA) is 102 Å². The molecule has 8 nitrogen and oxygen atoms in total. The van der Waals surface area contributed by atoms with Gasteiger partial charge >= 0.3 is 6.03 Å². The molecule has 0 unspecified atom stereocenters. The molecule has 1 aliphatic heterocycles. The maximum atomic E-state index is 12.4. The minimum atomic E-state index is -0.347. The number of carbonyl (C=O) groups is 1. The summed E-state index contributed by atoms with van der Waals surface area (Å²) in [6, 6.07) is 2.87. The van der Waals surface area contributed by atoms with Gasteiger partial charge in [0.15, 0.2) is 5.82 Å². The molecule has 25 heavy (non-hydrogen) atoms. The van der Waals surface area contributed by atoms with Gasteiger partial charge in [0.25, 0.3) is 0 Å². The Kier molecular flexibility index (Phi) is 5.60. The lowest BCUT2D eigenvalue weighted by atomic mass is 9.91. The standard InChI is InChI=1S/C17H23N5O3/c1-11(2)15-21-16(25-22-15)14(12-5-8-24-9-6-12)20-17(23)19-13-4-3-7-18-10-13/h3-4,7,10-12,14H,5-6,8-9H2,1-2H3,(H2,19,20,23)/t14-/m1/s1. The third-order valence-electron chi connectivity index (χ3n) is 4.18. The molecule has 0 aromatic carbocycles. The molecule has 0 bridgehead atoms. The van der Waals surface area contributed by atoms with E-state index < -0.39 is 0 Å². The largest absolute Gasteiger partial charge is 0.381 e. The highest BCUT2D eigenvalue weighted by Crippen LogP contribution is 2.30. The number of hydrogen-bond donors (Lipinski definition) is 2. The van der Waals surface area contributed by atoms with Crippen LogP contribution in [-0.4, -0.2) is 34.4 Å². The molecule has 8 heteroatoms. The van der Waals surface area contributed by atoms with Gasteiger partial charge in [-0.2, -0.15) is 4.98 Å². The monoisotopic (exact) mass is 345 g/mol. The summed E-state index contributed by atoms with van der Waals surface area (Å²) >= 11 is 0. The number of carbonyl (C=O) groups excluding carboxylic acids is 1. The van der Waals surface area contributed by atoms with Crippen LogP contribution in [0.15, 0.2) is 29.0 Å². The van der Waals surface area contributed by atoms with Gasteiger partial charge in [0.1, 0.15) is 6.04 Å². The molecule has 134 valence electrons. The predicted molar refractivity (Wildman–Crippen MR) is 91.1 cm³/mol. The highest BCUT2D eigenvalue weighted by Gasteiger charge is 2.31. The Labute approximate surface area is 146 Å². The minimum Gasteiger partial charge on any atom is -0.381 e. The molecule has 3 rings (SSSR count). The smallest absolute Gasteiger partial charge is 0.319 e. The first-order chi connectivity index (χ1) is 12.1. The first-order valence-corrected chi connectivity index (χ1v) is 8.52. The highest BCUT2D eigenvalue weighted by atomic mass is 16.5. The summed E-state index contributed by atoms with van der Waals surface area (Å²) in [7, 11) is 0. The van der Waals surface area contributed by atoms with Gasteiger partial charge in [-0.1, -0.05) is 19.0 Å². The van der Waals surface area contributed by atoms with Gasteiger partial charge in [-0.05, 0) is 30.9 Å². The number of amides is 2. The number of nitrogens with one attached hydrogen (secondary N) is 2. The number of aromatic nitrogens is 3. The van der Waals surface area contributed by atoms with Crippen LogP contribution in [0, 0.1) is 5.92 Å². The van der Waals surface area contributed by atoms with Gasteiger partial charge < -0.3 is 19.9 Å². The number of pyridine rings is 1. The van der Waals surface area contributed by atoms with Crippen LogP contribution in [0.3, 0.4) is 0 Å². The zero-order chi connectivity index (χ0) is 17.6. The molecule has 2 amide bonds. The van der Waals surface area contributed by atoms with Crippen molar-refractivity contribution in [2.24, 2.45) is 5.92 Å². The Balaban J connectivity index is 1.74. The van der Waals surface area contributed by atoms with Gasteiger partial charge in [0.05, 0.1) is 11.9 Å². The molecular weight excluding hydrogens is 322 g/mol. The third kappa shape index (κ3) is 4.54. The molecule has 3 heterocycles. The maximum Gasteiger partial charge on any atom is 0.319 e. The Morgan fingerprint density at radius 2 is 2.12 bits per heavy atom. The van der Waals surface area contributed by atoms with Crippen molar-refractivity contribution in [3.8, 4) is 0 Å². The summed E-state index contributed by atoms with van der Waals surface area (Å²) in [5, 5.41) is 9.77. The highest BCUT2D eigenvalue weighted by molar-refractivity contribution is 5.89. The van der Waals surface area contributed by atoms with Crippen LogP contribution in [0.5, 0.6) is 0 Å². The fourth-order valence-electron chi connectivity index (χ4n) is 2.78. The molecule has 0 aliphatic carbocycles. The minimum absolute atomic E-state index is 0.164. The SMILES string of the molecule is CC(C)c1noc([C@H](NC(=O)Nc2cccnc2)C2CCOCC2)n1.